The highest BCUT2D eigenvalue weighted by atomic mass is 79.9. The van der Waals surface area contributed by atoms with Crippen molar-refractivity contribution < 1.29 is 14.7 Å². The molecule has 1 aromatic rings. The number of hydrogen-bond acceptors (Lipinski definition) is 2. The lowest BCUT2D eigenvalue weighted by Crippen LogP contribution is -2.35. The highest BCUT2D eigenvalue weighted by Crippen LogP contribution is 2.24. The lowest BCUT2D eigenvalue weighted by atomic mass is 10.2. The third-order valence-electron chi connectivity index (χ3n) is 3.35. The lowest BCUT2D eigenvalue weighted by Gasteiger charge is -2.21. The first-order valence-electron chi connectivity index (χ1n) is 6.66. The number of nitrogens with one attached hydrogen (secondary N) is 1. The summed E-state index contributed by atoms with van der Waals surface area (Å²) in [5, 5.41) is 11.8. The van der Waals surface area contributed by atoms with Crippen molar-refractivity contribution in [3.63, 3.8) is 0 Å². The normalized spacial score (nSPS) is 15.6. The Morgan fingerprint density at radius 1 is 1.15 bits per heavy atom. The monoisotopic (exact) mass is 340 g/mol. The zero-order valence-corrected chi connectivity index (χ0v) is 12.6. The summed E-state index contributed by atoms with van der Waals surface area (Å²) in [5.41, 5.74) is 0.638. The number of amides is 2. The molecule has 1 aliphatic rings. The molecule has 1 saturated heterocycles. The van der Waals surface area contributed by atoms with Gasteiger partial charge in [-0.25, -0.2) is 9.59 Å². The van der Waals surface area contributed by atoms with E-state index in [0.717, 1.165) is 38.8 Å². The van der Waals surface area contributed by atoms with Crippen LogP contribution in [0.3, 0.4) is 0 Å². The summed E-state index contributed by atoms with van der Waals surface area (Å²) < 4.78 is 0.672. The van der Waals surface area contributed by atoms with Crippen molar-refractivity contribution in [1.82, 2.24) is 4.90 Å². The maximum absolute atomic E-state index is 12.2. The Labute approximate surface area is 126 Å². The minimum absolute atomic E-state index is 0.152. The molecule has 0 saturated carbocycles. The average molecular weight is 341 g/mol. The summed E-state index contributed by atoms with van der Waals surface area (Å²) in [6, 6.07) is 4.41. The summed E-state index contributed by atoms with van der Waals surface area (Å²) in [7, 11) is 0. The zero-order valence-electron chi connectivity index (χ0n) is 11.1. The summed E-state index contributed by atoms with van der Waals surface area (Å²) >= 11 is 3.32. The largest absolute Gasteiger partial charge is 0.478 e. The maximum Gasteiger partial charge on any atom is 0.335 e. The Hall–Kier alpha value is -1.56. The predicted octanol–water partition coefficient (Wildman–Crippen LogP) is 3.56. The highest BCUT2D eigenvalue weighted by molar-refractivity contribution is 9.10. The first-order chi connectivity index (χ1) is 9.58. The minimum atomic E-state index is -1.01. The smallest absolute Gasteiger partial charge is 0.335 e. The zero-order chi connectivity index (χ0) is 14.5. The van der Waals surface area contributed by atoms with E-state index in [0.29, 0.717) is 10.2 Å². The van der Waals surface area contributed by atoms with Crippen LogP contribution < -0.4 is 5.32 Å². The number of anilines is 1. The molecule has 6 heteroatoms. The number of halogens is 1. The highest BCUT2D eigenvalue weighted by Gasteiger charge is 2.17. The average Bonchev–Trinajstić information content (AvgIpc) is 2.70. The number of aromatic carboxylic acids is 1. The van der Waals surface area contributed by atoms with E-state index in [9.17, 15) is 9.59 Å². The van der Waals surface area contributed by atoms with Crippen molar-refractivity contribution >= 4 is 33.6 Å². The van der Waals surface area contributed by atoms with E-state index in [1.54, 1.807) is 11.0 Å². The van der Waals surface area contributed by atoms with Crippen LogP contribution in [0.15, 0.2) is 22.7 Å². The van der Waals surface area contributed by atoms with Gasteiger partial charge in [0.15, 0.2) is 0 Å². The van der Waals surface area contributed by atoms with Crippen molar-refractivity contribution in [3.05, 3.63) is 28.2 Å². The minimum Gasteiger partial charge on any atom is -0.478 e. The number of carboxylic acid groups (broad SMARTS) is 1. The van der Waals surface area contributed by atoms with Crippen molar-refractivity contribution in [2.45, 2.75) is 25.7 Å². The topological polar surface area (TPSA) is 69.6 Å². The fourth-order valence-electron chi connectivity index (χ4n) is 2.22. The lowest BCUT2D eigenvalue weighted by molar-refractivity contribution is 0.0697. The van der Waals surface area contributed by atoms with Crippen LogP contribution in [-0.2, 0) is 0 Å². The van der Waals surface area contributed by atoms with E-state index in [1.807, 2.05) is 0 Å². The van der Waals surface area contributed by atoms with Gasteiger partial charge >= 0.3 is 12.0 Å². The van der Waals surface area contributed by atoms with E-state index >= 15 is 0 Å². The van der Waals surface area contributed by atoms with Gasteiger partial charge in [-0.15, -0.1) is 0 Å². The second-order valence-corrected chi connectivity index (χ2v) is 5.69. The van der Waals surface area contributed by atoms with Gasteiger partial charge in [-0.05, 0) is 47.0 Å². The second-order valence-electron chi connectivity index (χ2n) is 4.83. The van der Waals surface area contributed by atoms with E-state index < -0.39 is 5.97 Å². The second kappa shape index (κ2) is 6.74. The fraction of sp³-hybridized carbons (Fsp3) is 0.429. The molecule has 2 amide bonds. The molecule has 0 aromatic heterocycles. The molecule has 1 aromatic carbocycles. The van der Waals surface area contributed by atoms with Gasteiger partial charge in [0.05, 0.1) is 11.3 Å². The molecule has 5 nitrogen and oxygen atoms in total. The van der Waals surface area contributed by atoms with Crippen molar-refractivity contribution in [2.75, 3.05) is 18.4 Å². The van der Waals surface area contributed by atoms with Gasteiger partial charge in [0.2, 0.25) is 0 Å². The SMILES string of the molecule is O=C(O)c1ccc(Br)c(NC(=O)N2CCCCCC2)c1. The summed E-state index contributed by atoms with van der Waals surface area (Å²) in [5.74, 6) is -1.01. The quantitative estimate of drug-likeness (QED) is 0.864. The van der Waals surface area contributed by atoms with E-state index in [4.69, 9.17) is 5.11 Å². The van der Waals surface area contributed by atoms with Crippen LogP contribution in [0.5, 0.6) is 0 Å². The molecule has 1 heterocycles. The van der Waals surface area contributed by atoms with Crippen LogP contribution in [0.4, 0.5) is 10.5 Å². The van der Waals surface area contributed by atoms with Gasteiger partial charge in [0, 0.05) is 17.6 Å². The van der Waals surface area contributed by atoms with Gasteiger partial charge in [-0.3, -0.25) is 0 Å². The molecular weight excluding hydrogens is 324 g/mol. The first kappa shape index (κ1) is 14.8. The van der Waals surface area contributed by atoms with Crippen LogP contribution in [0, 0.1) is 0 Å². The molecular formula is C14H17BrN2O3. The molecule has 0 radical (unpaired) electrons. The van der Waals surface area contributed by atoms with Gasteiger partial charge in [-0.2, -0.15) is 0 Å². The van der Waals surface area contributed by atoms with Crippen LogP contribution in [-0.4, -0.2) is 35.1 Å². The molecule has 2 rings (SSSR count). The third-order valence-corrected chi connectivity index (χ3v) is 4.04. The number of benzene rings is 1. The van der Waals surface area contributed by atoms with Gasteiger partial charge < -0.3 is 15.3 Å². The molecule has 108 valence electrons. The predicted molar refractivity (Wildman–Crippen MR) is 80.2 cm³/mol. The Morgan fingerprint density at radius 3 is 2.40 bits per heavy atom. The van der Waals surface area contributed by atoms with Gasteiger partial charge in [-0.1, -0.05) is 12.8 Å². The van der Waals surface area contributed by atoms with Gasteiger partial charge in [0.1, 0.15) is 0 Å². The molecule has 0 spiro atoms. The van der Waals surface area contributed by atoms with Crippen molar-refractivity contribution in [2.24, 2.45) is 0 Å². The summed E-state index contributed by atoms with van der Waals surface area (Å²) in [6.07, 6.45) is 4.34. The Bertz CT molecular complexity index is 511. The van der Waals surface area contributed by atoms with E-state index in [2.05, 4.69) is 21.2 Å². The number of hydrogen-bond donors (Lipinski definition) is 2. The van der Waals surface area contributed by atoms with Crippen LogP contribution in [0.25, 0.3) is 0 Å². The molecule has 1 aliphatic heterocycles. The van der Waals surface area contributed by atoms with Crippen LogP contribution >= 0.6 is 15.9 Å². The number of carboxylic acids is 1. The number of urea groups is 1. The van der Waals surface area contributed by atoms with E-state index in [1.165, 1.54) is 12.1 Å². The Morgan fingerprint density at radius 2 is 1.80 bits per heavy atom. The van der Waals surface area contributed by atoms with Gasteiger partial charge in [0.25, 0.3) is 0 Å². The number of nitrogens with zero attached hydrogens (tertiary/aromatic N) is 1. The third kappa shape index (κ3) is 3.72. The molecule has 20 heavy (non-hydrogen) atoms. The Kier molecular flexibility index (Phi) is 5.00. The molecule has 0 bridgehead atoms. The van der Waals surface area contributed by atoms with Crippen molar-refractivity contribution in [3.8, 4) is 0 Å². The summed E-state index contributed by atoms with van der Waals surface area (Å²) in [4.78, 5) is 24.9. The van der Waals surface area contributed by atoms with Crippen LogP contribution in [0.1, 0.15) is 36.0 Å². The molecule has 0 unspecified atom stereocenters. The fourth-order valence-corrected chi connectivity index (χ4v) is 2.57. The number of carbonyl (C=O) groups is 2. The standard InChI is InChI=1S/C14H17BrN2O3/c15-11-6-5-10(13(18)19)9-12(11)16-14(20)17-7-3-1-2-4-8-17/h5-6,9H,1-4,7-8H2,(H,16,20)(H,18,19). The Balaban J connectivity index is 2.10. The number of likely N-dealkylation sites (tertiary alicyclic amines) is 1. The maximum atomic E-state index is 12.2. The number of carbonyl (C=O) groups excluding carboxylic acids is 1. The van der Waals surface area contributed by atoms with E-state index in [-0.39, 0.29) is 11.6 Å². The summed E-state index contributed by atoms with van der Waals surface area (Å²) in [6.45, 7) is 1.50. The molecule has 1 fully saturated rings. The molecule has 2 N–H and O–H groups in total. The van der Waals surface area contributed by atoms with Crippen LogP contribution in [0.2, 0.25) is 0 Å². The molecule has 0 atom stereocenters. The van der Waals surface area contributed by atoms with Crippen molar-refractivity contribution in [1.29, 1.82) is 0 Å². The molecule has 0 aliphatic carbocycles. The first-order valence-corrected chi connectivity index (χ1v) is 7.46. The number of rotatable bonds is 2.